The Morgan fingerprint density at radius 1 is 0.897 bits per heavy atom. The van der Waals surface area contributed by atoms with Crippen molar-refractivity contribution in [2.75, 3.05) is 0 Å². The van der Waals surface area contributed by atoms with Crippen molar-refractivity contribution >= 4 is 11.8 Å². The number of hydrogen-bond donors (Lipinski definition) is 1. The first kappa shape index (κ1) is 22.7. The van der Waals surface area contributed by atoms with E-state index >= 15 is 0 Å². The van der Waals surface area contributed by atoms with E-state index in [-0.39, 0.29) is 24.3 Å². The summed E-state index contributed by atoms with van der Waals surface area (Å²) in [6.45, 7) is 12.3. The number of aryl methyl sites for hydroxylation is 3. The molecule has 0 heterocycles. The zero-order valence-corrected chi connectivity index (χ0v) is 18.6. The summed E-state index contributed by atoms with van der Waals surface area (Å²) in [5, 5.41) is 3.01. The highest BCUT2D eigenvalue weighted by Gasteiger charge is 2.26. The molecule has 4 nitrogen and oxygen atoms in total. The Bertz CT molecular complexity index is 822. The predicted octanol–water partition coefficient (Wildman–Crippen LogP) is 4.49. The molecular weight excluding hydrogens is 360 g/mol. The average molecular weight is 395 g/mol. The molecule has 2 aromatic rings. The van der Waals surface area contributed by atoms with Gasteiger partial charge in [-0.3, -0.25) is 9.59 Å². The maximum Gasteiger partial charge on any atom is 0.242 e. The van der Waals surface area contributed by atoms with Gasteiger partial charge in [-0.2, -0.15) is 0 Å². The summed E-state index contributed by atoms with van der Waals surface area (Å²) in [4.78, 5) is 27.7. The molecule has 2 atom stereocenters. The zero-order chi connectivity index (χ0) is 21.6. The van der Waals surface area contributed by atoms with Crippen LogP contribution in [-0.2, 0) is 22.6 Å². The molecule has 0 saturated carbocycles. The minimum Gasteiger partial charge on any atom is -0.352 e. The van der Waals surface area contributed by atoms with Gasteiger partial charge < -0.3 is 10.2 Å². The minimum absolute atomic E-state index is 0.0395. The highest BCUT2D eigenvalue weighted by molar-refractivity contribution is 5.88. The standard InChI is InChI=1S/C25H34N2O2/c1-7-20(5)26-25(29)21(6)27(16-22-10-8-17(2)9-11-22)24(28)15-23-13-18(3)12-19(4)14-23/h8-14,20-21H,7,15-16H2,1-6H3,(H,26,29)/t20-,21+/m1/s1. The van der Waals surface area contributed by atoms with Crippen LogP contribution in [0.15, 0.2) is 42.5 Å². The molecule has 0 radical (unpaired) electrons. The summed E-state index contributed by atoms with van der Waals surface area (Å²) >= 11 is 0. The van der Waals surface area contributed by atoms with E-state index in [1.165, 1.54) is 5.56 Å². The lowest BCUT2D eigenvalue weighted by Crippen LogP contribution is -2.49. The molecule has 0 bridgehead atoms. The van der Waals surface area contributed by atoms with E-state index in [0.717, 1.165) is 28.7 Å². The minimum atomic E-state index is -0.538. The van der Waals surface area contributed by atoms with Crippen molar-refractivity contribution < 1.29 is 9.59 Å². The first-order chi connectivity index (χ1) is 13.7. The lowest BCUT2D eigenvalue weighted by atomic mass is 10.0. The van der Waals surface area contributed by atoms with E-state index in [0.29, 0.717) is 6.54 Å². The number of nitrogens with one attached hydrogen (secondary N) is 1. The summed E-state index contributed by atoms with van der Waals surface area (Å²) in [6, 6.07) is 13.8. The first-order valence-corrected chi connectivity index (χ1v) is 10.4. The Labute approximate surface area is 175 Å². The largest absolute Gasteiger partial charge is 0.352 e. The first-order valence-electron chi connectivity index (χ1n) is 10.4. The smallest absolute Gasteiger partial charge is 0.242 e. The third kappa shape index (κ3) is 6.74. The highest BCUT2D eigenvalue weighted by atomic mass is 16.2. The SMILES string of the molecule is CC[C@@H](C)NC(=O)[C@H](C)N(Cc1ccc(C)cc1)C(=O)Cc1cc(C)cc(C)c1. The van der Waals surface area contributed by atoms with Crippen LogP contribution in [0.25, 0.3) is 0 Å². The van der Waals surface area contributed by atoms with Crippen molar-refractivity contribution in [1.82, 2.24) is 10.2 Å². The van der Waals surface area contributed by atoms with E-state index < -0.39 is 6.04 Å². The highest BCUT2D eigenvalue weighted by Crippen LogP contribution is 2.15. The number of benzene rings is 2. The van der Waals surface area contributed by atoms with Crippen LogP contribution in [-0.4, -0.2) is 28.8 Å². The summed E-state index contributed by atoms with van der Waals surface area (Å²) < 4.78 is 0. The van der Waals surface area contributed by atoms with Crippen LogP contribution in [0.5, 0.6) is 0 Å². The molecule has 2 rings (SSSR count). The fourth-order valence-electron chi connectivity index (χ4n) is 3.39. The average Bonchev–Trinajstić information content (AvgIpc) is 2.65. The van der Waals surface area contributed by atoms with Crippen LogP contribution < -0.4 is 5.32 Å². The maximum atomic E-state index is 13.3. The third-order valence-corrected chi connectivity index (χ3v) is 5.28. The van der Waals surface area contributed by atoms with E-state index in [1.807, 2.05) is 77.9 Å². The number of carbonyl (C=O) groups excluding carboxylic acids is 2. The summed E-state index contributed by atoms with van der Waals surface area (Å²) in [7, 11) is 0. The van der Waals surface area contributed by atoms with Gasteiger partial charge in [0.25, 0.3) is 0 Å². The molecule has 156 valence electrons. The number of rotatable bonds is 8. The summed E-state index contributed by atoms with van der Waals surface area (Å²) in [5.41, 5.74) is 5.45. The molecule has 0 aliphatic heterocycles. The molecule has 0 spiro atoms. The van der Waals surface area contributed by atoms with Crippen molar-refractivity contribution in [2.24, 2.45) is 0 Å². The Hall–Kier alpha value is -2.62. The maximum absolute atomic E-state index is 13.3. The molecule has 29 heavy (non-hydrogen) atoms. The topological polar surface area (TPSA) is 49.4 Å². The predicted molar refractivity (Wildman–Crippen MR) is 119 cm³/mol. The van der Waals surface area contributed by atoms with Gasteiger partial charge in [0.05, 0.1) is 6.42 Å². The molecule has 0 aliphatic carbocycles. The van der Waals surface area contributed by atoms with Gasteiger partial charge >= 0.3 is 0 Å². The molecule has 0 aromatic heterocycles. The molecule has 0 aliphatic rings. The van der Waals surface area contributed by atoms with Crippen molar-refractivity contribution in [3.8, 4) is 0 Å². The molecule has 4 heteroatoms. The van der Waals surface area contributed by atoms with E-state index in [4.69, 9.17) is 0 Å². The second kappa shape index (κ2) is 10.2. The molecule has 0 saturated heterocycles. The normalized spacial score (nSPS) is 12.9. The molecule has 0 fully saturated rings. The summed E-state index contributed by atoms with van der Waals surface area (Å²) in [5.74, 6) is -0.150. The lowest BCUT2D eigenvalue weighted by Gasteiger charge is -2.30. The van der Waals surface area contributed by atoms with Crippen molar-refractivity contribution in [3.63, 3.8) is 0 Å². The van der Waals surface area contributed by atoms with Gasteiger partial charge in [-0.25, -0.2) is 0 Å². The monoisotopic (exact) mass is 394 g/mol. The Morgan fingerprint density at radius 3 is 2.03 bits per heavy atom. The van der Waals surface area contributed by atoms with Crippen LogP contribution in [0.2, 0.25) is 0 Å². The van der Waals surface area contributed by atoms with Crippen LogP contribution >= 0.6 is 0 Å². The van der Waals surface area contributed by atoms with Crippen molar-refractivity contribution in [1.29, 1.82) is 0 Å². The molecule has 2 amide bonds. The Morgan fingerprint density at radius 2 is 1.48 bits per heavy atom. The van der Waals surface area contributed by atoms with Crippen molar-refractivity contribution in [3.05, 3.63) is 70.3 Å². The number of carbonyl (C=O) groups is 2. The lowest BCUT2D eigenvalue weighted by molar-refractivity contribution is -0.140. The fourth-order valence-corrected chi connectivity index (χ4v) is 3.39. The fraction of sp³-hybridized carbons (Fsp3) is 0.440. The van der Waals surface area contributed by atoms with E-state index in [1.54, 1.807) is 4.90 Å². The molecule has 0 unspecified atom stereocenters. The number of amides is 2. The molecular formula is C25H34N2O2. The second-order valence-electron chi connectivity index (χ2n) is 8.17. The molecule has 1 N–H and O–H groups in total. The van der Waals surface area contributed by atoms with E-state index in [2.05, 4.69) is 11.4 Å². The second-order valence-corrected chi connectivity index (χ2v) is 8.17. The molecule has 2 aromatic carbocycles. The van der Waals surface area contributed by atoms with Crippen molar-refractivity contribution in [2.45, 2.75) is 73.0 Å². The number of nitrogens with zero attached hydrogens (tertiary/aromatic N) is 1. The van der Waals surface area contributed by atoms with Gasteiger partial charge in [-0.1, -0.05) is 66.1 Å². The van der Waals surface area contributed by atoms with Crippen LogP contribution in [0.1, 0.15) is 55.0 Å². The Balaban J connectivity index is 2.25. The van der Waals surface area contributed by atoms with Gasteiger partial charge in [0, 0.05) is 12.6 Å². The van der Waals surface area contributed by atoms with Gasteiger partial charge in [-0.15, -0.1) is 0 Å². The van der Waals surface area contributed by atoms with E-state index in [9.17, 15) is 9.59 Å². The zero-order valence-electron chi connectivity index (χ0n) is 18.6. The van der Waals surface area contributed by atoms with Crippen LogP contribution in [0, 0.1) is 20.8 Å². The number of hydrogen-bond acceptors (Lipinski definition) is 2. The van der Waals surface area contributed by atoms with Gasteiger partial charge in [0.2, 0.25) is 11.8 Å². The van der Waals surface area contributed by atoms with Crippen LogP contribution in [0.4, 0.5) is 0 Å². The summed E-state index contributed by atoms with van der Waals surface area (Å²) in [6.07, 6.45) is 1.14. The quantitative estimate of drug-likeness (QED) is 0.717. The third-order valence-electron chi connectivity index (χ3n) is 5.28. The Kier molecular flexibility index (Phi) is 8.00. The van der Waals surface area contributed by atoms with Gasteiger partial charge in [0.15, 0.2) is 0 Å². The van der Waals surface area contributed by atoms with Gasteiger partial charge in [0.1, 0.15) is 6.04 Å². The van der Waals surface area contributed by atoms with Crippen LogP contribution in [0.3, 0.4) is 0 Å². The van der Waals surface area contributed by atoms with Gasteiger partial charge in [-0.05, 0) is 52.2 Å².